The van der Waals surface area contributed by atoms with Gasteiger partial charge in [-0.05, 0) is 13.0 Å². The Hall–Kier alpha value is -1.73. The van der Waals surface area contributed by atoms with E-state index in [1.165, 1.54) is 10.6 Å². The number of aryl methyl sites for hydroxylation is 1. The summed E-state index contributed by atoms with van der Waals surface area (Å²) in [5.74, 6) is 0.141. The van der Waals surface area contributed by atoms with Crippen molar-refractivity contribution in [3.8, 4) is 0 Å². The van der Waals surface area contributed by atoms with Crippen molar-refractivity contribution in [1.82, 2.24) is 24.6 Å². The minimum atomic E-state index is 0.0990. The maximum absolute atomic E-state index is 12.1. The third-order valence-corrected chi connectivity index (χ3v) is 4.99. The summed E-state index contributed by atoms with van der Waals surface area (Å²) in [4.78, 5) is 21.7. The highest BCUT2D eigenvalue weighted by Crippen LogP contribution is 2.26. The lowest BCUT2D eigenvalue weighted by Crippen LogP contribution is -2.39. The topological polar surface area (TPSA) is 54.3 Å². The van der Waals surface area contributed by atoms with Gasteiger partial charge in [-0.15, -0.1) is 11.3 Å². The lowest BCUT2D eigenvalue weighted by Gasteiger charge is -2.33. The zero-order valence-corrected chi connectivity index (χ0v) is 14.0. The minimum absolute atomic E-state index is 0.0990. The number of thiazole rings is 1. The van der Waals surface area contributed by atoms with Crippen LogP contribution in [0.3, 0.4) is 0 Å². The fourth-order valence-electron chi connectivity index (χ4n) is 2.80. The molecule has 3 rings (SSSR count). The molecule has 0 aromatic carbocycles. The molecule has 118 valence electrons. The summed E-state index contributed by atoms with van der Waals surface area (Å²) in [5.41, 5.74) is 4.17. The van der Waals surface area contributed by atoms with Gasteiger partial charge in [0, 0.05) is 44.8 Å². The van der Waals surface area contributed by atoms with E-state index >= 15 is 0 Å². The first kappa shape index (κ1) is 15.2. The summed E-state index contributed by atoms with van der Waals surface area (Å²) in [6.45, 7) is 4.64. The molecule has 22 heavy (non-hydrogen) atoms. The number of aromatic nitrogens is 3. The summed E-state index contributed by atoms with van der Waals surface area (Å²) in [7, 11) is 3.60. The van der Waals surface area contributed by atoms with Crippen molar-refractivity contribution < 1.29 is 4.79 Å². The van der Waals surface area contributed by atoms with Gasteiger partial charge in [0.15, 0.2) is 0 Å². The Morgan fingerprint density at radius 3 is 3.00 bits per heavy atom. The summed E-state index contributed by atoms with van der Waals surface area (Å²) >= 11 is 1.70. The Morgan fingerprint density at radius 2 is 2.32 bits per heavy atom. The van der Waals surface area contributed by atoms with Crippen molar-refractivity contribution in [2.24, 2.45) is 0 Å². The van der Waals surface area contributed by atoms with Crippen LogP contribution in [0.25, 0.3) is 0 Å². The summed E-state index contributed by atoms with van der Waals surface area (Å²) in [6, 6.07) is 2.14. The molecule has 7 heteroatoms. The van der Waals surface area contributed by atoms with E-state index in [1.807, 2.05) is 29.4 Å². The van der Waals surface area contributed by atoms with E-state index in [4.69, 9.17) is 0 Å². The Labute approximate surface area is 134 Å². The van der Waals surface area contributed by atoms with Crippen LogP contribution < -0.4 is 0 Å². The Balaban J connectivity index is 1.76. The van der Waals surface area contributed by atoms with E-state index in [9.17, 15) is 4.79 Å². The Kier molecular flexibility index (Phi) is 4.26. The van der Waals surface area contributed by atoms with Crippen molar-refractivity contribution in [2.45, 2.75) is 32.5 Å². The third kappa shape index (κ3) is 3.05. The maximum atomic E-state index is 12.1. The molecule has 0 unspecified atom stereocenters. The first-order chi connectivity index (χ1) is 10.5. The fraction of sp³-hybridized carbons (Fsp3) is 0.533. The van der Waals surface area contributed by atoms with E-state index in [2.05, 4.69) is 15.0 Å². The van der Waals surface area contributed by atoms with Crippen LogP contribution in [0, 0.1) is 6.92 Å². The number of amides is 1. The minimum Gasteiger partial charge on any atom is -0.349 e. The summed E-state index contributed by atoms with van der Waals surface area (Å²) in [5, 5.41) is 4.41. The number of hydrogen-bond donors (Lipinski definition) is 0. The van der Waals surface area contributed by atoms with Gasteiger partial charge >= 0.3 is 0 Å². The highest BCUT2D eigenvalue weighted by molar-refractivity contribution is 7.09. The van der Waals surface area contributed by atoms with Gasteiger partial charge in [0.1, 0.15) is 0 Å². The van der Waals surface area contributed by atoms with Crippen molar-refractivity contribution in [1.29, 1.82) is 0 Å². The lowest BCUT2D eigenvalue weighted by atomic mass is 10.1. The van der Waals surface area contributed by atoms with Crippen LogP contribution in [0.5, 0.6) is 0 Å². The Bertz CT molecular complexity index is 662. The monoisotopic (exact) mass is 319 g/mol. The van der Waals surface area contributed by atoms with Gasteiger partial charge in [-0.2, -0.15) is 5.10 Å². The van der Waals surface area contributed by atoms with E-state index in [0.29, 0.717) is 6.42 Å². The number of nitrogens with zero attached hydrogens (tertiary/aromatic N) is 5. The second-order valence-electron chi connectivity index (χ2n) is 5.94. The predicted molar refractivity (Wildman–Crippen MR) is 85.5 cm³/mol. The van der Waals surface area contributed by atoms with Gasteiger partial charge in [-0.3, -0.25) is 14.4 Å². The molecule has 0 saturated heterocycles. The van der Waals surface area contributed by atoms with Crippen LogP contribution in [-0.4, -0.2) is 51.1 Å². The molecule has 1 amide bonds. The summed E-state index contributed by atoms with van der Waals surface area (Å²) in [6.07, 6.45) is 2.31. The van der Waals surface area contributed by atoms with Crippen LogP contribution in [0.4, 0.5) is 0 Å². The van der Waals surface area contributed by atoms with Crippen LogP contribution in [0.15, 0.2) is 17.8 Å². The van der Waals surface area contributed by atoms with Crippen LogP contribution in [0.2, 0.25) is 0 Å². The molecular formula is C15H21N5OS. The second kappa shape index (κ2) is 6.18. The van der Waals surface area contributed by atoms with Gasteiger partial charge in [-0.25, -0.2) is 4.98 Å². The van der Waals surface area contributed by atoms with Gasteiger partial charge in [0.2, 0.25) is 5.91 Å². The third-order valence-electron chi connectivity index (χ3n) is 4.07. The highest BCUT2D eigenvalue weighted by Gasteiger charge is 2.28. The molecule has 6 nitrogen and oxygen atoms in total. The number of carbonyl (C=O) groups excluding carboxylic acids is 1. The van der Waals surface area contributed by atoms with E-state index in [0.717, 1.165) is 25.3 Å². The molecule has 2 aromatic heterocycles. The van der Waals surface area contributed by atoms with Crippen molar-refractivity contribution in [3.63, 3.8) is 0 Å². The Morgan fingerprint density at radius 1 is 1.50 bits per heavy atom. The molecule has 1 aliphatic rings. The first-order valence-electron chi connectivity index (χ1n) is 7.38. The normalized spacial score (nSPS) is 18.2. The van der Waals surface area contributed by atoms with E-state index < -0.39 is 0 Å². The zero-order chi connectivity index (χ0) is 15.7. The van der Waals surface area contributed by atoms with E-state index in [-0.39, 0.29) is 11.9 Å². The van der Waals surface area contributed by atoms with Crippen LogP contribution in [-0.2, 0) is 17.9 Å². The molecule has 0 saturated carbocycles. The number of carbonyl (C=O) groups is 1. The molecule has 3 heterocycles. The van der Waals surface area contributed by atoms with Gasteiger partial charge < -0.3 is 4.90 Å². The first-order valence-corrected chi connectivity index (χ1v) is 8.26. The van der Waals surface area contributed by atoms with Crippen molar-refractivity contribution >= 4 is 17.2 Å². The van der Waals surface area contributed by atoms with Crippen molar-refractivity contribution in [2.75, 3.05) is 20.6 Å². The molecule has 0 spiro atoms. The standard InChI is InChI=1S/C15H21N5OS/c1-11-14(22-10-16-11)9-19-7-12-4-5-17-20(12)13(8-19)6-15(21)18(2)3/h4-5,10,13H,6-9H2,1-3H3/t13-/m1/s1. The molecule has 1 atom stereocenters. The second-order valence-corrected chi connectivity index (χ2v) is 6.88. The smallest absolute Gasteiger partial charge is 0.224 e. The molecule has 0 radical (unpaired) electrons. The lowest BCUT2D eigenvalue weighted by molar-refractivity contribution is -0.129. The predicted octanol–water partition coefficient (Wildman–Crippen LogP) is 1.68. The quantitative estimate of drug-likeness (QED) is 0.860. The number of fused-ring (bicyclic) bond motifs is 1. The summed E-state index contributed by atoms with van der Waals surface area (Å²) < 4.78 is 2.01. The SMILES string of the molecule is Cc1ncsc1CN1Cc2ccnn2[C@H](CC(=O)N(C)C)C1. The van der Waals surface area contributed by atoms with E-state index in [1.54, 1.807) is 30.3 Å². The van der Waals surface area contributed by atoms with Crippen LogP contribution in [0.1, 0.15) is 28.7 Å². The van der Waals surface area contributed by atoms with Crippen molar-refractivity contribution in [3.05, 3.63) is 34.0 Å². The molecule has 0 aliphatic carbocycles. The maximum Gasteiger partial charge on any atom is 0.224 e. The molecule has 0 fully saturated rings. The fourth-order valence-corrected chi connectivity index (χ4v) is 3.62. The van der Waals surface area contributed by atoms with Gasteiger partial charge in [0.25, 0.3) is 0 Å². The van der Waals surface area contributed by atoms with Gasteiger partial charge in [0.05, 0.1) is 29.4 Å². The average Bonchev–Trinajstić information content (AvgIpc) is 3.08. The molecule has 1 aliphatic heterocycles. The number of hydrogen-bond acceptors (Lipinski definition) is 5. The van der Waals surface area contributed by atoms with Gasteiger partial charge in [-0.1, -0.05) is 0 Å². The zero-order valence-electron chi connectivity index (χ0n) is 13.2. The average molecular weight is 319 g/mol. The number of rotatable bonds is 4. The largest absolute Gasteiger partial charge is 0.349 e. The van der Waals surface area contributed by atoms with Crippen LogP contribution >= 0.6 is 11.3 Å². The molecule has 2 aromatic rings. The molecular weight excluding hydrogens is 298 g/mol. The molecule has 0 bridgehead atoms. The highest BCUT2D eigenvalue weighted by atomic mass is 32.1. The molecule has 0 N–H and O–H groups in total.